The van der Waals surface area contributed by atoms with E-state index in [0.717, 1.165) is 24.5 Å². The molecule has 0 saturated heterocycles. The van der Waals surface area contributed by atoms with Crippen LogP contribution in [0.25, 0.3) is 0 Å². The molecule has 1 heterocycles. The largest absolute Gasteiger partial charge is 0.329 e. The number of amidine groups is 1. The number of nitrogens with zero attached hydrogens (tertiary/aromatic N) is 2. The van der Waals surface area contributed by atoms with Crippen molar-refractivity contribution in [3.63, 3.8) is 0 Å². The molecular weight excluding hydrogens is 300 g/mol. The molecule has 0 N–H and O–H groups in total. The standard InChI is InChI=1S/C20H20N2O2/c1-3-11-22-18-10-5-4-7-16(18)13-19(22)21-20(24)17-9-6-8-15(12-17)14(2)23/h4-10,12H,3,11,13H2,1-2H3. The van der Waals surface area contributed by atoms with Crippen molar-refractivity contribution in [2.45, 2.75) is 26.7 Å². The first kappa shape index (κ1) is 16.1. The number of benzene rings is 2. The first-order valence-corrected chi connectivity index (χ1v) is 8.18. The number of fused-ring (bicyclic) bond motifs is 1. The number of rotatable bonds is 4. The summed E-state index contributed by atoms with van der Waals surface area (Å²) >= 11 is 0. The smallest absolute Gasteiger partial charge is 0.278 e. The number of Topliss-reactive ketones (excluding diaryl/α,β-unsaturated/α-hetero) is 1. The lowest BCUT2D eigenvalue weighted by atomic mass is 10.1. The van der Waals surface area contributed by atoms with Crippen LogP contribution < -0.4 is 4.90 Å². The van der Waals surface area contributed by atoms with E-state index in [9.17, 15) is 9.59 Å². The van der Waals surface area contributed by atoms with Crippen molar-refractivity contribution >= 4 is 23.2 Å². The SMILES string of the molecule is CCCN1C(=NC(=O)c2cccc(C(C)=O)c2)Cc2ccccc21. The van der Waals surface area contributed by atoms with Gasteiger partial charge in [-0.3, -0.25) is 9.59 Å². The quantitative estimate of drug-likeness (QED) is 0.803. The number of carbonyl (C=O) groups is 2. The van der Waals surface area contributed by atoms with Crippen molar-refractivity contribution in [1.82, 2.24) is 0 Å². The second kappa shape index (κ2) is 6.79. The van der Waals surface area contributed by atoms with Crippen LogP contribution in [0.5, 0.6) is 0 Å². The molecule has 0 bridgehead atoms. The lowest BCUT2D eigenvalue weighted by Gasteiger charge is -2.19. The average Bonchev–Trinajstić information content (AvgIpc) is 2.93. The highest BCUT2D eigenvalue weighted by Crippen LogP contribution is 2.29. The Morgan fingerprint density at radius 2 is 1.83 bits per heavy atom. The molecule has 1 amide bonds. The molecule has 0 unspecified atom stereocenters. The second-order valence-corrected chi connectivity index (χ2v) is 5.93. The zero-order chi connectivity index (χ0) is 17.1. The monoisotopic (exact) mass is 320 g/mol. The van der Waals surface area contributed by atoms with Gasteiger partial charge in [0, 0.05) is 29.8 Å². The van der Waals surface area contributed by atoms with Crippen LogP contribution in [-0.2, 0) is 6.42 Å². The van der Waals surface area contributed by atoms with Crippen molar-refractivity contribution in [3.05, 3.63) is 65.2 Å². The Morgan fingerprint density at radius 1 is 1.08 bits per heavy atom. The predicted octanol–water partition coefficient (Wildman–Crippen LogP) is 3.90. The fraction of sp³-hybridized carbons (Fsp3) is 0.250. The molecular formula is C20H20N2O2. The van der Waals surface area contributed by atoms with Gasteiger partial charge < -0.3 is 4.90 Å². The van der Waals surface area contributed by atoms with Gasteiger partial charge >= 0.3 is 0 Å². The molecule has 1 aliphatic rings. The first-order valence-electron chi connectivity index (χ1n) is 8.18. The molecule has 4 nitrogen and oxygen atoms in total. The summed E-state index contributed by atoms with van der Waals surface area (Å²) in [6, 6.07) is 14.9. The zero-order valence-corrected chi connectivity index (χ0v) is 14.0. The Labute approximate surface area is 141 Å². The van der Waals surface area contributed by atoms with E-state index in [-0.39, 0.29) is 11.7 Å². The topological polar surface area (TPSA) is 49.7 Å². The second-order valence-electron chi connectivity index (χ2n) is 5.93. The van der Waals surface area contributed by atoms with Gasteiger partial charge in [-0.1, -0.05) is 37.3 Å². The van der Waals surface area contributed by atoms with Crippen molar-refractivity contribution in [3.8, 4) is 0 Å². The maximum atomic E-state index is 12.6. The highest BCUT2D eigenvalue weighted by molar-refractivity contribution is 6.12. The molecule has 0 aliphatic carbocycles. The molecule has 2 aromatic carbocycles. The van der Waals surface area contributed by atoms with Gasteiger partial charge in [0.1, 0.15) is 5.84 Å². The van der Waals surface area contributed by atoms with E-state index >= 15 is 0 Å². The lowest BCUT2D eigenvalue weighted by Crippen LogP contribution is -2.28. The third-order valence-electron chi connectivity index (χ3n) is 4.14. The molecule has 2 aromatic rings. The van der Waals surface area contributed by atoms with E-state index in [0.29, 0.717) is 17.5 Å². The summed E-state index contributed by atoms with van der Waals surface area (Å²) in [5.41, 5.74) is 3.29. The number of hydrogen-bond donors (Lipinski definition) is 0. The minimum atomic E-state index is -0.304. The summed E-state index contributed by atoms with van der Waals surface area (Å²) in [5, 5.41) is 0. The summed E-state index contributed by atoms with van der Waals surface area (Å²) in [7, 11) is 0. The summed E-state index contributed by atoms with van der Waals surface area (Å²) in [6.45, 7) is 4.43. The van der Waals surface area contributed by atoms with Crippen LogP contribution in [0.1, 0.15) is 46.5 Å². The van der Waals surface area contributed by atoms with Gasteiger partial charge in [0.25, 0.3) is 5.91 Å². The van der Waals surface area contributed by atoms with Gasteiger partial charge in [-0.05, 0) is 37.1 Å². The Bertz CT molecular complexity index is 824. The van der Waals surface area contributed by atoms with E-state index in [4.69, 9.17) is 0 Å². The van der Waals surface area contributed by atoms with E-state index in [2.05, 4.69) is 28.9 Å². The molecule has 1 aliphatic heterocycles. The third kappa shape index (κ3) is 3.13. The number of hydrogen-bond acceptors (Lipinski definition) is 2. The van der Waals surface area contributed by atoms with Crippen LogP contribution >= 0.6 is 0 Å². The molecule has 0 fully saturated rings. The van der Waals surface area contributed by atoms with Crippen LogP contribution in [0.4, 0.5) is 5.69 Å². The van der Waals surface area contributed by atoms with Crippen molar-refractivity contribution < 1.29 is 9.59 Å². The molecule has 0 saturated carbocycles. The van der Waals surface area contributed by atoms with Crippen LogP contribution in [0.3, 0.4) is 0 Å². The number of carbonyl (C=O) groups excluding carboxylic acids is 2. The number of amides is 1. The number of aliphatic imine (C=N–C) groups is 1. The highest BCUT2D eigenvalue weighted by atomic mass is 16.1. The maximum Gasteiger partial charge on any atom is 0.278 e. The zero-order valence-electron chi connectivity index (χ0n) is 14.0. The Hall–Kier alpha value is -2.75. The predicted molar refractivity (Wildman–Crippen MR) is 96.0 cm³/mol. The van der Waals surface area contributed by atoms with Gasteiger partial charge in [-0.2, -0.15) is 4.99 Å². The molecule has 0 atom stereocenters. The van der Waals surface area contributed by atoms with Gasteiger partial charge in [0.2, 0.25) is 0 Å². The average molecular weight is 320 g/mol. The molecule has 24 heavy (non-hydrogen) atoms. The fourth-order valence-corrected chi connectivity index (χ4v) is 2.95. The summed E-state index contributed by atoms with van der Waals surface area (Å²) in [4.78, 5) is 30.5. The number of anilines is 1. The molecule has 122 valence electrons. The van der Waals surface area contributed by atoms with Crippen molar-refractivity contribution in [2.75, 3.05) is 11.4 Å². The van der Waals surface area contributed by atoms with Gasteiger partial charge in [0.05, 0.1) is 0 Å². The van der Waals surface area contributed by atoms with Gasteiger partial charge in [-0.15, -0.1) is 0 Å². The van der Waals surface area contributed by atoms with Crippen LogP contribution in [0, 0.1) is 0 Å². The lowest BCUT2D eigenvalue weighted by molar-refractivity contribution is 0.100. The Balaban J connectivity index is 1.92. The molecule has 4 heteroatoms. The van der Waals surface area contributed by atoms with E-state index in [1.54, 1.807) is 24.3 Å². The van der Waals surface area contributed by atoms with Gasteiger partial charge in [0.15, 0.2) is 5.78 Å². The Kier molecular flexibility index (Phi) is 4.56. The molecule has 0 aromatic heterocycles. The van der Waals surface area contributed by atoms with E-state index in [1.807, 2.05) is 12.1 Å². The third-order valence-corrected chi connectivity index (χ3v) is 4.14. The van der Waals surface area contributed by atoms with E-state index in [1.165, 1.54) is 12.5 Å². The molecule has 3 rings (SSSR count). The summed E-state index contributed by atoms with van der Waals surface area (Å²) in [6.07, 6.45) is 1.63. The first-order chi connectivity index (χ1) is 11.6. The number of ketones is 1. The van der Waals surface area contributed by atoms with Crippen LogP contribution in [0.2, 0.25) is 0 Å². The van der Waals surface area contributed by atoms with Crippen LogP contribution in [0.15, 0.2) is 53.5 Å². The highest BCUT2D eigenvalue weighted by Gasteiger charge is 2.25. The fourth-order valence-electron chi connectivity index (χ4n) is 2.95. The summed E-state index contributed by atoms with van der Waals surface area (Å²) < 4.78 is 0. The number of para-hydroxylation sites is 1. The normalized spacial score (nSPS) is 14.8. The van der Waals surface area contributed by atoms with Crippen molar-refractivity contribution in [2.24, 2.45) is 4.99 Å². The molecule has 0 radical (unpaired) electrons. The minimum Gasteiger partial charge on any atom is -0.329 e. The van der Waals surface area contributed by atoms with Gasteiger partial charge in [-0.25, -0.2) is 0 Å². The van der Waals surface area contributed by atoms with Crippen molar-refractivity contribution in [1.29, 1.82) is 0 Å². The minimum absolute atomic E-state index is 0.0572. The molecule has 0 spiro atoms. The Morgan fingerprint density at radius 3 is 2.58 bits per heavy atom. The van der Waals surface area contributed by atoms with E-state index < -0.39 is 0 Å². The maximum absolute atomic E-state index is 12.6. The summed E-state index contributed by atoms with van der Waals surface area (Å²) in [5.74, 6) is 0.413. The van der Waals surface area contributed by atoms with Crippen LogP contribution in [-0.4, -0.2) is 24.1 Å².